The van der Waals surface area contributed by atoms with Gasteiger partial charge in [0.15, 0.2) is 0 Å². The number of hydrogen-bond donors (Lipinski definition) is 3. The van der Waals surface area contributed by atoms with Crippen LogP contribution in [-0.4, -0.2) is 53.4 Å². The van der Waals surface area contributed by atoms with Crippen LogP contribution in [0.1, 0.15) is 22.3 Å². The van der Waals surface area contributed by atoms with Gasteiger partial charge in [0.05, 0.1) is 17.8 Å². The van der Waals surface area contributed by atoms with Gasteiger partial charge in [0, 0.05) is 49.6 Å². The zero-order chi connectivity index (χ0) is 20.2. The van der Waals surface area contributed by atoms with Gasteiger partial charge in [-0.15, -0.1) is 0 Å². The minimum Gasteiger partial charge on any atom is -0.508 e. The van der Waals surface area contributed by atoms with Gasteiger partial charge in [-0.05, 0) is 36.4 Å². The molecule has 1 amide bonds. The summed E-state index contributed by atoms with van der Waals surface area (Å²) in [6, 6.07) is 9.78. The number of carbonyl (C=O) groups is 1. The third-order valence-electron chi connectivity index (χ3n) is 5.89. The standard InChI is InChI=1S/C22H22N2O5/c1-23-21(27)19-18-15(10-24-11-22(12-24)8-9-28-22)16(26)6-7-17(18)29-20(19)13-2-4-14(25)5-3-13/h2-7,25-26H,8-12H2,1H3,(H,23,27). The predicted molar refractivity (Wildman–Crippen MR) is 107 cm³/mol. The lowest BCUT2D eigenvalue weighted by atomic mass is 9.85. The van der Waals surface area contributed by atoms with Gasteiger partial charge in [-0.1, -0.05) is 0 Å². The van der Waals surface area contributed by atoms with E-state index in [9.17, 15) is 15.0 Å². The van der Waals surface area contributed by atoms with Gasteiger partial charge < -0.3 is 24.7 Å². The van der Waals surface area contributed by atoms with E-state index in [1.165, 1.54) is 0 Å². The van der Waals surface area contributed by atoms with Crippen LogP contribution in [0.5, 0.6) is 11.5 Å². The van der Waals surface area contributed by atoms with Gasteiger partial charge in [-0.2, -0.15) is 0 Å². The van der Waals surface area contributed by atoms with Crippen molar-refractivity contribution in [3.63, 3.8) is 0 Å². The molecule has 1 aromatic heterocycles. The molecule has 0 radical (unpaired) electrons. The van der Waals surface area contributed by atoms with Gasteiger partial charge >= 0.3 is 0 Å². The molecule has 7 heteroatoms. The maximum Gasteiger partial charge on any atom is 0.255 e. The van der Waals surface area contributed by atoms with Crippen LogP contribution in [0.15, 0.2) is 40.8 Å². The van der Waals surface area contributed by atoms with Crippen molar-refractivity contribution >= 4 is 16.9 Å². The van der Waals surface area contributed by atoms with Gasteiger partial charge in [0.1, 0.15) is 22.8 Å². The summed E-state index contributed by atoms with van der Waals surface area (Å²) in [4.78, 5) is 15.0. The Labute approximate surface area is 167 Å². The highest BCUT2D eigenvalue weighted by Crippen LogP contribution is 2.42. The Morgan fingerprint density at radius 1 is 1.17 bits per heavy atom. The highest BCUT2D eigenvalue weighted by atomic mass is 16.5. The molecule has 2 aromatic carbocycles. The third kappa shape index (κ3) is 2.85. The molecule has 7 nitrogen and oxygen atoms in total. The number of aromatic hydroxyl groups is 2. The average molecular weight is 394 g/mol. The fraction of sp³-hybridized carbons (Fsp3) is 0.318. The number of phenols is 2. The molecule has 3 aromatic rings. The molecule has 0 atom stereocenters. The maximum atomic E-state index is 12.8. The molecule has 2 fully saturated rings. The number of hydrogen-bond acceptors (Lipinski definition) is 6. The van der Waals surface area contributed by atoms with Crippen molar-refractivity contribution in [1.82, 2.24) is 10.2 Å². The van der Waals surface area contributed by atoms with Crippen LogP contribution >= 0.6 is 0 Å². The molecule has 150 valence electrons. The summed E-state index contributed by atoms with van der Waals surface area (Å²) in [6.07, 6.45) is 1.07. The van der Waals surface area contributed by atoms with Crippen LogP contribution < -0.4 is 5.32 Å². The minimum absolute atomic E-state index is 0.0132. The zero-order valence-corrected chi connectivity index (χ0v) is 16.1. The molecular formula is C22H22N2O5. The van der Waals surface area contributed by atoms with Gasteiger partial charge in [0.2, 0.25) is 0 Å². The lowest BCUT2D eigenvalue weighted by Crippen LogP contribution is -2.67. The highest BCUT2D eigenvalue weighted by molar-refractivity contribution is 6.12. The first-order valence-electron chi connectivity index (χ1n) is 9.65. The molecule has 29 heavy (non-hydrogen) atoms. The first kappa shape index (κ1) is 18.0. The van der Waals surface area contributed by atoms with E-state index in [-0.39, 0.29) is 23.0 Å². The second-order valence-corrected chi connectivity index (χ2v) is 7.80. The van der Waals surface area contributed by atoms with E-state index < -0.39 is 0 Å². The quantitative estimate of drug-likeness (QED) is 0.630. The number of likely N-dealkylation sites (tertiary alicyclic amines) is 1. The van der Waals surface area contributed by atoms with E-state index in [4.69, 9.17) is 9.15 Å². The van der Waals surface area contributed by atoms with Crippen molar-refractivity contribution in [1.29, 1.82) is 0 Å². The summed E-state index contributed by atoms with van der Waals surface area (Å²) in [6.45, 7) is 2.96. The summed E-state index contributed by atoms with van der Waals surface area (Å²) >= 11 is 0. The van der Waals surface area contributed by atoms with E-state index in [1.54, 1.807) is 43.4 Å². The van der Waals surface area contributed by atoms with E-state index in [2.05, 4.69) is 10.2 Å². The maximum absolute atomic E-state index is 12.8. The highest BCUT2D eigenvalue weighted by Gasteiger charge is 2.49. The zero-order valence-electron chi connectivity index (χ0n) is 16.1. The molecule has 0 aliphatic carbocycles. The van der Waals surface area contributed by atoms with Crippen molar-refractivity contribution < 1.29 is 24.2 Å². The molecule has 0 saturated carbocycles. The number of amides is 1. The number of fused-ring (bicyclic) bond motifs is 1. The van der Waals surface area contributed by atoms with Crippen LogP contribution in [0, 0.1) is 0 Å². The van der Waals surface area contributed by atoms with Crippen molar-refractivity contribution in [2.45, 2.75) is 18.6 Å². The van der Waals surface area contributed by atoms with Crippen LogP contribution in [0.3, 0.4) is 0 Å². The van der Waals surface area contributed by atoms with E-state index in [0.29, 0.717) is 40.0 Å². The van der Waals surface area contributed by atoms with Gasteiger partial charge in [-0.25, -0.2) is 0 Å². The monoisotopic (exact) mass is 394 g/mol. The van der Waals surface area contributed by atoms with Crippen molar-refractivity contribution in [2.24, 2.45) is 0 Å². The second-order valence-electron chi connectivity index (χ2n) is 7.80. The van der Waals surface area contributed by atoms with Crippen LogP contribution in [0.4, 0.5) is 0 Å². The Balaban J connectivity index is 1.62. The smallest absolute Gasteiger partial charge is 0.255 e. The number of nitrogens with one attached hydrogen (secondary N) is 1. The Hall–Kier alpha value is -3.03. The lowest BCUT2D eigenvalue weighted by molar-refractivity contribution is -0.223. The Bertz CT molecular complexity index is 1090. The van der Waals surface area contributed by atoms with Crippen molar-refractivity contribution in [3.05, 3.63) is 47.5 Å². The second kappa shape index (κ2) is 6.50. The number of benzene rings is 2. The lowest BCUT2D eigenvalue weighted by Gasteiger charge is -2.55. The first-order chi connectivity index (χ1) is 14.0. The van der Waals surface area contributed by atoms with Gasteiger partial charge in [-0.3, -0.25) is 9.69 Å². The number of ether oxygens (including phenoxy) is 1. The summed E-state index contributed by atoms with van der Waals surface area (Å²) in [5, 5.41) is 23.5. The Morgan fingerprint density at radius 3 is 2.52 bits per heavy atom. The molecule has 5 rings (SSSR count). The number of furan rings is 1. The predicted octanol–water partition coefficient (Wildman–Crippen LogP) is 2.85. The Kier molecular flexibility index (Phi) is 4.04. The molecule has 3 heterocycles. The topological polar surface area (TPSA) is 95.2 Å². The number of phenolic OH excluding ortho intramolecular Hbond substituents is 2. The van der Waals surface area contributed by atoms with E-state index in [0.717, 1.165) is 26.1 Å². The van der Waals surface area contributed by atoms with E-state index >= 15 is 0 Å². The molecule has 3 N–H and O–H groups in total. The largest absolute Gasteiger partial charge is 0.508 e. The fourth-order valence-corrected chi connectivity index (χ4v) is 4.31. The third-order valence-corrected chi connectivity index (χ3v) is 5.89. The molecule has 2 aliphatic rings. The first-order valence-corrected chi connectivity index (χ1v) is 9.65. The number of carbonyl (C=O) groups excluding carboxylic acids is 1. The van der Waals surface area contributed by atoms with Crippen LogP contribution in [-0.2, 0) is 11.3 Å². The van der Waals surface area contributed by atoms with Crippen LogP contribution in [0.25, 0.3) is 22.3 Å². The molecule has 2 saturated heterocycles. The SMILES string of the molecule is CNC(=O)c1c(-c2ccc(O)cc2)oc2ccc(O)c(CN3CC4(CCO4)C3)c12. The fourth-order valence-electron chi connectivity index (χ4n) is 4.31. The summed E-state index contributed by atoms with van der Waals surface area (Å²) in [7, 11) is 1.57. The Morgan fingerprint density at radius 2 is 1.90 bits per heavy atom. The van der Waals surface area contributed by atoms with Crippen LogP contribution in [0.2, 0.25) is 0 Å². The number of nitrogens with zero attached hydrogens (tertiary/aromatic N) is 1. The normalized spacial score (nSPS) is 17.8. The van der Waals surface area contributed by atoms with E-state index in [1.807, 2.05) is 0 Å². The molecule has 0 unspecified atom stereocenters. The number of rotatable bonds is 4. The van der Waals surface area contributed by atoms with Gasteiger partial charge in [0.25, 0.3) is 5.91 Å². The van der Waals surface area contributed by atoms with Crippen molar-refractivity contribution in [3.8, 4) is 22.8 Å². The molecule has 0 bridgehead atoms. The summed E-state index contributed by atoms with van der Waals surface area (Å²) in [5.41, 5.74) is 2.25. The molecule has 1 spiro atoms. The molecular weight excluding hydrogens is 372 g/mol. The minimum atomic E-state index is -0.291. The summed E-state index contributed by atoms with van der Waals surface area (Å²) < 4.78 is 11.7. The van der Waals surface area contributed by atoms with Crippen molar-refractivity contribution in [2.75, 3.05) is 26.7 Å². The summed E-state index contributed by atoms with van der Waals surface area (Å²) in [5.74, 6) is 0.389. The average Bonchev–Trinajstić information content (AvgIpc) is 3.04. The molecule has 2 aliphatic heterocycles.